The molecular formula is C36H40O10. The molecule has 0 radical (unpaired) electrons. The minimum Gasteiger partial charge on any atom is -0.508 e. The maximum Gasteiger partial charge on any atom is 0.309 e. The third-order valence-electron chi connectivity index (χ3n) is 12.0. The molecule has 1 heterocycles. The molecule has 2 saturated carbocycles. The monoisotopic (exact) mass is 632 g/mol. The molecular weight excluding hydrogens is 592 g/mol. The highest BCUT2D eigenvalue weighted by Crippen LogP contribution is 2.64. The molecule has 0 unspecified atom stereocenters. The Morgan fingerprint density at radius 3 is 2.50 bits per heavy atom. The lowest BCUT2D eigenvalue weighted by molar-refractivity contribution is -0.168. The molecule has 4 N–H and O–H groups in total. The number of carboxylic acids is 1. The Kier molecular flexibility index (Phi) is 7.39. The van der Waals surface area contributed by atoms with Gasteiger partial charge in [0.05, 0.1) is 18.6 Å². The van der Waals surface area contributed by atoms with E-state index in [1.165, 1.54) is 13.2 Å². The SMILES string of the molecule is C=C1[C@@H](C[C@@H]2C(C)=CC[C@H]3C(=O)C(OC)=CC(=O)[C@@]23c2cc(=O)c3c(O)cc(O)cc3o2)[C@@]2(C)CCC[C@@](C)(C(=O)O)[C@@H]2C[C@@H]1O. The minimum atomic E-state index is -1.72. The number of carbonyl (C=O) groups excluding carboxylic acids is 2. The summed E-state index contributed by atoms with van der Waals surface area (Å²) in [5.74, 6) is -5.44. The van der Waals surface area contributed by atoms with E-state index in [4.69, 9.17) is 9.15 Å². The fraction of sp³-hybridized carbons (Fsp3) is 0.500. The second-order valence-corrected chi connectivity index (χ2v) is 14.2. The van der Waals surface area contributed by atoms with Crippen LogP contribution in [0.2, 0.25) is 0 Å². The predicted octanol–water partition coefficient (Wildman–Crippen LogP) is 4.93. The van der Waals surface area contributed by atoms with Gasteiger partial charge in [-0.2, -0.15) is 0 Å². The normalized spacial score (nSPS) is 36.0. The summed E-state index contributed by atoms with van der Waals surface area (Å²) in [6.45, 7) is 9.95. The highest BCUT2D eigenvalue weighted by molar-refractivity contribution is 6.14. The van der Waals surface area contributed by atoms with Crippen LogP contribution < -0.4 is 5.43 Å². The smallest absolute Gasteiger partial charge is 0.309 e. The summed E-state index contributed by atoms with van der Waals surface area (Å²) in [6.07, 6.45) is 4.54. The Bertz CT molecular complexity index is 1810. The number of benzene rings is 1. The number of aliphatic hydroxyl groups is 1. The first kappa shape index (κ1) is 31.8. The van der Waals surface area contributed by atoms with Crippen LogP contribution in [0.4, 0.5) is 0 Å². The molecule has 2 fully saturated rings. The van der Waals surface area contributed by atoms with Crippen molar-refractivity contribution >= 4 is 28.5 Å². The molecule has 6 rings (SSSR count). The zero-order valence-electron chi connectivity index (χ0n) is 26.5. The van der Waals surface area contributed by atoms with E-state index in [9.17, 15) is 39.6 Å². The number of carbonyl (C=O) groups is 3. The molecule has 0 spiro atoms. The van der Waals surface area contributed by atoms with Crippen LogP contribution in [0.25, 0.3) is 11.0 Å². The molecule has 10 nitrogen and oxygen atoms in total. The zero-order chi connectivity index (χ0) is 33.5. The number of phenolic OH excluding ortho intramolecular Hbond substituents is 2. The van der Waals surface area contributed by atoms with Gasteiger partial charge in [-0.1, -0.05) is 31.6 Å². The molecule has 4 aliphatic carbocycles. The first-order valence-electron chi connectivity index (χ1n) is 15.7. The number of carboxylic acid groups (broad SMARTS) is 1. The van der Waals surface area contributed by atoms with E-state index in [0.29, 0.717) is 24.8 Å². The number of aromatic hydroxyl groups is 2. The average Bonchev–Trinajstić information content (AvgIpc) is 2.98. The third-order valence-corrected chi connectivity index (χ3v) is 12.0. The van der Waals surface area contributed by atoms with Crippen LogP contribution in [-0.2, 0) is 24.5 Å². The first-order chi connectivity index (χ1) is 21.6. The van der Waals surface area contributed by atoms with Crippen molar-refractivity contribution in [2.75, 3.05) is 7.11 Å². The summed E-state index contributed by atoms with van der Waals surface area (Å²) in [6, 6.07) is 3.34. The van der Waals surface area contributed by atoms with Crippen LogP contribution in [-0.4, -0.2) is 51.2 Å². The Balaban J connectivity index is 1.59. The number of phenols is 2. The summed E-state index contributed by atoms with van der Waals surface area (Å²) < 4.78 is 11.6. The topological polar surface area (TPSA) is 172 Å². The van der Waals surface area contributed by atoms with Crippen molar-refractivity contribution in [3.05, 3.63) is 69.8 Å². The molecule has 244 valence electrons. The van der Waals surface area contributed by atoms with E-state index in [1.807, 2.05) is 19.9 Å². The average molecular weight is 633 g/mol. The van der Waals surface area contributed by atoms with Crippen LogP contribution >= 0.6 is 0 Å². The lowest BCUT2D eigenvalue weighted by Crippen LogP contribution is -2.59. The molecule has 0 aliphatic heterocycles. The molecule has 1 aromatic carbocycles. The van der Waals surface area contributed by atoms with Gasteiger partial charge in [0.2, 0.25) is 5.78 Å². The van der Waals surface area contributed by atoms with E-state index in [1.54, 1.807) is 6.92 Å². The van der Waals surface area contributed by atoms with Crippen molar-refractivity contribution in [3.63, 3.8) is 0 Å². The summed E-state index contributed by atoms with van der Waals surface area (Å²) in [5.41, 5.74) is -2.86. The Morgan fingerprint density at radius 2 is 1.83 bits per heavy atom. The summed E-state index contributed by atoms with van der Waals surface area (Å²) >= 11 is 0. The second kappa shape index (κ2) is 10.7. The molecule has 0 amide bonds. The van der Waals surface area contributed by atoms with Crippen molar-refractivity contribution in [2.24, 2.45) is 34.5 Å². The highest BCUT2D eigenvalue weighted by atomic mass is 16.5. The number of methoxy groups -OCH3 is 1. The third kappa shape index (κ3) is 4.25. The highest BCUT2D eigenvalue weighted by Gasteiger charge is 2.64. The van der Waals surface area contributed by atoms with Crippen LogP contribution in [0.3, 0.4) is 0 Å². The predicted molar refractivity (Wildman–Crippen MR) is 167 cm³/mol. The lowest BCUT2D eigenvalue weighted by Gasteiger charge is -2.59. The van der Waals surface area contributed by atoms with Crippen molar-refractivity contribution < 1.29 is 44.0 Å². The van der Waals surface area contributed by atoms with Gasteiger partial charge in [-0.25, -0.2) is 0 Å². The van der Waals surface area contributed by atoms with E-state index in [2.05, 4.69) is 6.58 Å². The maximum atomic E-state index is 14.6. The fourth-order valence-corrected chi connectivity index (χ4v) is 9.63. The standard InChI is InChI=1S/C36H40O10/c1-17-7-8-20-32(42)27(45-5)16-29(41)36(20,30-15-25(40)31-24(39)11-19(37)12-26(31)46-30)21(17)13-22-18(2)23(38)14-28-34(22,3)9-6-10-35(28,4)33(43)44/h7,11-12,15-16,20-23,28,37-39H,2,6,8-10,13-14H2,1,3-5H3,(H,43,44)/t20-,21+,22+,23-,28+,34+,35+,36-/m0/s1. The number of aliphatic carboxylic acids is 1. The van der Waals surface area contributed by atoms with Gasteiger partial charge in [-0.15, -0.1) is 0 Å². The number of allylic oxidation sites excluding steroid dienone is 4. The van der Waals surface area contributed by atoms with E-state index in [-0.39, 0.29) is 53.4 Å². The van der Waals surface area contributed by atoms with Crippen LogP contribution in [0.15, 0.2) is 63.0 Å². The Labute approximate surface area is 266 Å². The molecule has 10 heteroatoms. The molecule has 8 atom stereocenters. The Hall–Kier alpha value is -4.18. The van der Waals surface area contributed by atoms with Gasteiger partial charge >= 0.3 is 5.97 Å². The number of Topliss-reactive ketones (excluding diaryl/α,β-unsaturated/α-hetero) is 1. The molecule has 0 saturated heterocycles. The summed E-state index contributed by atoms with van der Waals surface area (Å²) in [7, 11) is 1.31. The van der Waals surface area contributed by atoms with E-state index < -0.39 is 68.8 Å². The van der Waals surface area contributed by atoms with Crippen LogP contribution in [0, 0.1) is 34.5 Å². The fourth-order valence-electron chi connectivity index (χ4n) is 9.63. The zero-order valence-corrected chi connectivity index (χ0v) is 26.5. The van der Waals surface area contributed by atoms with Gasteiger partial charge < -0.3 is 29.6 Å². The first-order valence-corrected chi connectivity index (χ1v) is 15.7. The van der Waals surface area contributed by atoms with E-state index >= 15 is 0 Å². The second-order valence-electron chi connectivity index (χ2n) is 14.2. The van der Waals surface area contributed by atoms with Crippen LogP contribution in [0.1, 0.15) is 65.1 Å². The van der Waals surface area contributed by atoms with Gasteiger partial charge in [-0.05, 0) is 68.8 Å². The number of ketones is 2. The van der Waals surface area contributed by atoms with Crippen molar-refractivity contribution in [1.82, 2.24) is 0 Å². The summed E-state index contributed by atoms with van der Waals surface area (Å²) in [5, 5.41) is 42.2. The van der Waals surface area contributed by atoms with Crippen LogP contribution in [0.5, 0.6) is 11.5 Å². The quantitative estimate of drug-likeness (QED) is 0.331. The molecule has 4 aliphatic rings. The van der Waals surface area contributed by atoms with Gasteiger partial charge in [0.15, 0.2) is 17.0 Å². The maximum absolute atomic E-state index is 14.6. The molecule has 2 aromatic rings. The van der Waals surface area contributed by atoms with Crippen molar-refractivity contribution in [3.8, 4) is 11.5 Å². The van der Waals surface area contributed by atoms with Gasteiger partial charge in [-0.3, -0.25) is 19.2 Å². The number of hydrogen-bond donors (Lipinski definition) is 4. The number of fused-ring (bicyclic) bond motifs is 3. The van der Waals surface area contributed by atoms with Gasteiger partial charge in [0, 0.05) is 36.1 Å². The Morgan fingerprint density at radius 1 is 1.11 bits per heavy atom. The number of hydrogen-bond acceptors (Lipinski definition) is 9. The van der Waals surface area contributed by atoms with Crippen molar-refractivity contribution in [1.29, 1.82) is 0 Å². The molecule has 0 bridgehead atoms. The number of aliphatic hydroxyl groups excluding tert-OH is 1. The lowest BCUT2D eigenvalue weighted by atomic mass is 9.44. The van der Waals surface area contributed by atoms with E-state index in [0.717, 1.165) is 23.8 Å². The largest absolute Gasteiger partial charge is 0.508 e. The number of rotatable bonds is 5. The molecule has 46 heavy (non-hydrogen) atoms. The minimum absolute atomic E-state index is 0.0788. The van der Waals surface area contributed by atoms with Crippen molar-refractivity contribution in [2.45, 2.75) is 70.8 Å². The molecule has 1 aromatic heterocycles. The number of ether oxygens (including phenoxy) is 1. The van der Waals surface area contributed by atoms with Gasteiger partial charge in [0.25, 0.3) is 0 Å². The van der Waals surface area contributed by atoms with Gasteiger partial charge in [0.1, 0.15) is 33.6 Å². The summed E-state index contributed by atoms with van der Waals surface area (Å²) in [4.78, 5) is 54.8.